The SMILES string of the molecule is Cc1ccc(-c2nc(CS(=O)(=O)[C@H](C)C(=O)N[C@@H]3CCCC[C@H]3C)cs2)cc1. The van der Waals surface area contributed by atoms with Crippen LogP contribution in [-0.2, 0) is 20.4 Å². The minimum Gasteiger partial charge on any atom is -0.352 e. The van der Waals surface area contributed by atoms with Crippen LogP contribution >= 0.6 is 11.3 Å². The van der Waals surface area contributed by atoms with Gasteiger partial charge in [0.05, 0.1) is 11.4 Å². The summed E-state index contributed by atoms with van der Waals surface area (Å²) < 4.78 is 25.5. The Kier molecular flexibility index (Phi) is 6.55. The third kappa shape index (κ3) is 5.00. The number of carbonyl (C=O) groups excluding carboxylic acids is 1. The van der Waals surface area contributed by atoms with Gasteiger partial charge in [0.1, 0.15) is 10.3 Å². The van der Waals surface area contributed by atoms with Crippen LogP contribution in [0.5, 0.6) is 0 Å². The molecule has 0 saturated heterocycles. The second kappa shape index (κ2) is 8.74. The molecule has 1 aliphatic rings. The van der Waals surface area contributed by atoms with Crippen molar-refractivity contribution in [2.75, 3.05) is 0 Å². The highest BCUT2D eigenvalue weighted by Crippen LogP contribution is 2.26. The van der Waals surface area contributed by atoms with Crippen molar-refractivity contribution in [3.63, 3.8) is 0 Å². The topological polar surface area (TPSA) is 76.1 Å². The van der Waals surface area contributed by atoms with Crippen molar-refractivity contribution < 1.29 is 13.2 Å². The minimum absolute atomic E-state index is 0.0753. The molecule has 3 rings (SSSR count). The summed E-state index contributed by atoms with van der Waals surface area (Å²) in [5.41, 5.74) is 2.62. The maximum Gasteiger partial charge on any atom is 0.238 e. The molecule has 0 bridgehead atoms. The molecule has 1 saturated carbocycles. The van der Waals surface area contributed by atoms with E-state index >= 15 is 0 Å². The van der Waals surface area contributed by atoms with Crippen LogP contribution in [0.25, 0.3) is 10.6 Å². The monoisotopic (exact) mass is 420 g/mol. The summed E-state index contributed by atoms with van der Waals surface area (Å²) in [7, 11) is -3.62. The van der Waals surface area contributed by atoms with Gasteiger partial charge in [-0.2, -0.15) is 0 Å². The lowest BCUT2D eigenvalue weighted by Gasteiger charge is -2.30. The molecule has 152 valence electrons. The molecule has 1 amide bonds. The summed E-state index contributed by atoms with van der Waals surface area (Å²) in [5.74, 6) is -0.222. The summed E-state index contributed by atoms with van der Waals surface area (Å²) >= 11 is 1.42. The molecule has 7 heteroatoms. The molecular weight excluding hydrogens is 392 g/mol. The molecule has 1 fully saturated rings. The number of thiazole rings is 1. The number of benzene rings is 1. The van der Waals surface area contributed by atoms with E-state index in [-0.39, 0.29) is 11.8 Å². The van der Waals surface area contributed by atoms with E-state index in [1.807, 2.05) is 31.2 Å². The highest BCUT2D eigenvalue weighted by Gasteiger charge is 2.32. The first-order chi connectivity index (χ1) is 13.3. The fraction of sp³-hybridized carbons (Fsp3) is 0.524. The zero-order chi connectivity index (χ0) is 20.3. The average molecular weight is 421 g/mol. The van der Waals surface area contributed by atoms with Crippen molar-refractivity contribution in [3.8, 4) is 10.6 Å². The molecule has 1 aromatic heterocycles. The van der Waals surface area contributed by atoms with Crippen LogP contribution < -0.4 is 5.32 Å². The van der Waals surface area contributed by atoms with Gasteiger partial charge in [0.25, 0.3) is 0 Å². The lowest BCUT2D eigenvalue weighted by Crippen LogP contribution is -2.47. The number of nitrogens with one attached hydrogen (secondary N) is 1. The average Bonchev–Trinajstić information content (AvgIpc) is 3.11. The van der Waals surface area contributed by atoms with Gasteiger partial charge in [-0.15, -0.1) is 11.3 Å². The van der Waals surface area contributed by atoms with E-state index in [9.17, 15) is 13.2 Å². The number of nitrogens with zero attached hydrogens (tertiary/aromatic N) is 1. The summed E-state index contributed by atoms with van der Waals surface area (Å²) in [6.45, 7) is 5.61. The van der Waals surface area contributed by atoms with E-state index < -0.39 is 21.0 Å². The number of aromatic nitrogens is 1. The number of sulfone groups is 1. The summed E-state index contributed by atoms with van der Waals surface area (Å²) in [6, 6.07) is 8.05. The molecule has 0 unspecified atom stereocenters. The molecule has 0 aliphatic heterocycles. The number of hydrogen-bond donors (Lipinski definition) is 1. The second-order valence-electron chi connectivity index (χ2n) is 7.84. The molecule has 3 atom stereocenters. The van der Waals surface area contributed by atoms with Crippen molar-refractivity contribution in [3.05, 3.63) is 40.9 Å². The molecule has 2 aromatic rings. The van der Waals surface area contributed by atoms with Crippen LogP contribution in [-0.4, -0.2) is 30.6 Å². The van der Waals surface area contributed by atoms with E-state index in [4.69, 9.17) is 0 Å². The predicted molar refractivity (Wildman–Crippen MR) is 114 cm³/mol. The molecule has 0 radical (unpaired) electrons. The Morgan fingerprint density at radius 2 is 1.93 bits per heavy atom. The zero-order valence-corrected chi connectivity index (χ0v) is 18.3. The summed E-state index contributed by atoms with van der Waals surface area (Å²) in [4.78, 5) is 17.0. The lowest BCUT2D eigenvalue weighted by atomic mass is 9.86. The van der Waals surface area contributed by atoms with Gasteiger partial charge in [0, 0.05) is 17.0 Å². The third-order valence-electron chi connectivity index (χ3n) is 5.55. The first-order valence-corrected chi connectivity index (χ1v) is 12.4. The van der Waals surface area contributed by atoms with E-state index in [2.05, 4.69) is 17.2 Å². The Bertz CT molecular complexity index is 919. The van der Waals surface area contributed by atoms with Crippen molar-refractivity contribution in [1.82, 2.24) is 10.3 Å². The van der Waals surface area contributed by atoms with E-state index in [0.29, 0.717) is 11.6 Å². The van der Waals surface area contributed by atoms with Crippen LogP contribution in [0.3, 0.4) is 0 Å². The van der Waals surface area contributed by atoms with Gasteiger partial charge in [0.15, 0.2) is 9.84 Å². The predicted octanol–water partition coefficient (Wildman–Crippen LogP) is 4.12. The largest absolute Gasteiger partial charge is 0.352 e. The van der Waals surface area contributed by atoms with Crippen molar-refractivity contribution >= 4 is 27.1 Å². The molecule has 1 aromatic carbocycles. The highest BCUT2D eigenvalue weighted by molar-refractivity contribution is 7.92. The summed E-state index contributed by atoms with van der Waals surface area (Å²) in [5, 5.41) is 4.44. The van der Waals surface area contributed by atoms with Gasteiger partial charge in [-0.25, -0.2) is 13.4 Å². The smallest absolute Gasteiger partial charge is 0.238 e. The molecule has 1 N–H and O–H groups in total. The van der Waals surface area contributed by atoms with Crippen LogP contribution in [0.4, 0.5) is 0 Å². The quantitative estimate of drug-likeness (QED) is 0.763. The van der Waals surface area contributed by atoms with Gasteiger partial charge in [-0.3, -0.25) is 4.79 Å². The van der Waals surface area contributed by atoms with Gasteiger partial charge in [-0.05, 0) is 32.6 Å². The highest BCUT2D eigenvalue weighted by atomic mass is 32.2. The molecule has 0 spiro atoms. The van der Waals surface area contributed by atoms with Crippen LogP contribution in [0.15, 0.2) is 29.6 Å². The molecule has 5 nitrogen and oxygen atoms in total. The summed E-state index contributed by atoms with van der Waals surface area (Å²) in [6.07, 6.45) is 4.25. The van der Waals surface area contributed by atoms with E-state index in [1.54, 1.807) is 5.38 Å². The van der Waals surface area contributed by atoms with Crippen LogP contribution in [0.2, 0.25) is 0 Å². The third-order valence-corrected chi connectivity index (χ3v) is 8.48. The first kappa shape index (κ1) is 21.0. The second-order valence-corrected chi connectivity index (χ2v) is 11.0. The first-order valence-electron chi connectivity index (χ1n) is 9.79. The van der Waals surface area contributed by atoms with Gasteiger partial charge < -0.3 is 5.32 Å². The number of aryl methyl sites for hydroxylation is 1. The maximum atomic E-state index is 12.8. The Morgan fingerprint density at radius 1 is 1.25 bits per heavy atom. The van der Waals surface area contributed by atoms with Gasteiger partial charge >= 0.3 is 0 Å². The molecule has 28 heavy (non-hydrogen) atoms. The fourth-order valence-electron chi connectivity index (χ4n) is 3.53. The van der Waals surface area contributed by atoms with E-state index in [1.165, 1.54) is 24.7 Å². The number of rotatable bonds is 6. The molecular formula is C21H28N2O3S2. The number of hydrogen-bond acceptors (Lipinski definition) is 5. The minimum atomic E-state index is -3.62. The lowest BCUT2D eigenvalue weighted by molar-refractivity contribution is -0.121. The fourth-order valence-corrected chi connectivity index (χ4v) is 5.66. The number of carbonyl (C=O) groups is 1. The normalized spacial score (nSPS) is 21.2. The Balaban J connectivity index is 1.65. The Morgan fingerprint density at radius 3 is 2.61 bits per heavy atom. The van der Waals surface area contributed by atoms with E-state index in [0.717, 1.165) is 35.4 Å². The van der Waals surface area contributed by atoms with Crippen LogP contribution in [0, 0.1) is 12.8 Å². The van der Waals surface area contributed by atoms with Gasteiger partial charge in [0.2, 0.25) is 5.91 Å². The number of amides is 1. The maximum absolute atomic E-state index is 12.8. The zero-order valence-electron chi connectivity index (χ0n) is 16.6. The molecule has 1 aliphatic carbocycles. The Labute approximate surface area is 171 Å². The van der Waals surface area contributed by atoms with Crippen LogP contribution in [0.1, 0.15) is 50.8 Å². The Hall–Kier alpha value is -1.73. The van der Waals surface area contributed by atoms with Crippen molar-refractivity contribution in [2.45, 2.75) is 63.5 Å². The molecule has 1 heterocycles. The van der Waals surface area contributed by atoms with Gasteiger partial charge in [-0.1, -0.05) is 49.6 Å². The van der Waals surface area contributed by atoms with Crippen molar-refractivity contribution in [2.24, 2.45) is 5.92 Å². The van der Waals surface area contributed by atoms with Crippen molar-refractivity contribution in [1.29, 1.82) is 0 Å². The standard InChI is InChI=1S/C21H28N2O3S2/c1-14-8-10-17(11-9-14)21-22-18(12-27-21)13-28(25,26)16(3)20(24)23-19-7-5-4-6-15(19)2/h8-12,15-16,19H,4-7,13H2,1-3H3,(H,23,24)/t15-,16-,19-/m1/s1.